The van der Waals surface area contributed by atoms with E-state index in [1.165, 1.54) is 18.4 Å². The van der Waals surface area contributed by atoms with E-state index in [9.17, 15) is 0 Å². The van der Waals surface area contributed by atoms with E-state index in [1.54, 1.807) is 11.1 Å². The molecule has 0 spiro atoms. The van der Waals surface area contributed by atoms with E-state index in [0.29, 0.717) is 5.92 Å². The predicted octanol–water partition coefficient (Wildman–Crippen LogP) is 3.65. The minimum absolute atomic E-state index is 0.264. The Bertz CT molecular complexity index is 356. The first-order valence-corrected chi connectivity index (χ1v) is 5.48. The van der Waals surface area contributed by atoms with Crippen LogP contribution in [0, 0.1) is 5.92 Å². The topological polar surface area (TPSA) is 0 Å². The number of benzene rings is 1. The van der Waals surface area contributed by atoms with E-state index in [-0.39, 0.29) is 5.38 Å². The van der Waals surface area contributed by atoms with Crippen LogP contribution in [-0.2, 0) is 6.42 Å². The third kappa shape index (κ3) is 0.874. The van der Waals surface area contributed by atoms with Crippen molar-refractivity contribution in [3.8, 4) is 0 Å². The first kappa shape index (κ1) is 7.87. The highest BCUT2D eigenvalue weighted by molar-refractivity contribution is 6.21. The molecule has 0 N–H and O–H groups in total. The van der Waals surface area contributed by atoms with Gasteiger partial charge in [-0.25, -0.2) is 0 Å². The largest absolute Gasteiger partial charge is 0.117 e. The number of hydrogen-bond donors (Lipinski definition) is 0. The molecule has 13 heavy (non-hydrogen) atoms. The molecule has 0 aliphatic heterocycles. The summed E-state index contributed by atoms with van der Waals surface area (Å²) in [4.78, 5) is 0. The van der Waals surface area contributed by atoms with Crippen molar-refractivity contribution >= 4 is 11.6 Å². The van der Waals surface area contributed by atoms with Crippen molar-refractivity contribution in [2.45, 2.75) is 31.1 Å². The minimum atomic E-state index is 0.264. The van der Waals surface area contributed by atoms with Crippen molar-refractivity contribution in [1.82, 2.24) is 0 Å². The highest BCUT2D eigenvalue weighted by Gasteiger charge is 2.40. The molecule has 0 saturated carbocycles. The summed E-state index contributed by atoms with van der Waals surface area (Å²) in [5.74, 6) is 1.40. The van der Waals surface area contributed by atoms with Crippen LogP contribution in [0.25, 0.3) is 0 Å². The van der Waals surface area contributed by atoms with E-state index in [4.69, 9.17) is 11.6 Å². The average molecular weight is 193 g/mol. The van der Waals surface area contributed by atoms with E-state index in [2.05, 4.69) is 25.1 Å². The number of aryl methyl sites for hydroxylation is 1. The van der Waals surface area contributed by atoms with Crippen LogP contribution in [-0.4, -0.2) is 0 Å². The Labute approximate surface area is 83.9 Å². The van der Waals surface area contributed by atoms with Crippen LogP contribution in [0.4, 0.5) is 0 Å². The van der Waals surface area contributed by atoms with Gasteiger partial charge in [0.1, 0.15) is 0 Å². The lowest BCUT2D eigenvalue weighted by molar-refractivity contribution is 0.480. The summed E-state index contributed by atoms with van der Waals surface area (Å²) in [6.45, 7) is 2.29. The lowest BCUT2D eigenvalue weighted by Gasteiger charge is -2.13. The predicted molar refractivity (Wildman–Crippen MR) is 55.3 cm³/mol. The fourth-order valence-corrected chi connectivity index (χ4v) is 3.38. The molecule has 1 heteroatoms. The van der Waals surface area contributed by atoms with Crippen LogP contribution in [0.2, 0.25) is 0 Å². The molecule has 0 aromatic heterocycles. The van der Waals surface area contributed by atoms with Gasteiger partial charge in [0, 0.05) is 0 Å². The molecule has 1 aromatic carbocycles. The van der Waals surface area contributed by atoms with Gasteiger partial charge in [-0.1, -0.05) is 25.1 Å². The van der Waals surface area contributed by atoms with Gasteiger partial charge in [0.2, 0.25) is 0 Å². The summed E-state index contributed by atoms with van der Waals surface area (Å²) in [6.07, 6.45) is 2.58. The molecule has 2 aliphatic carbocycles. The van der Waals surface area contributed by atoms with Crippen molar-refractivity contribution in [3.05, 3.63) is 34.9 Å². The number of halogens is 1. The van der Waals surface area contributed by atoms with Crippen molar-refractivity contribution in [1.29, 1.82) is 0 Å². The summed E-state index contributed by atoms with van der Waals surface area (Å²) < 4.78 is 0. The van der Waals surface area contributed by atoms with Gasteiger partial charge in [-0.3, -0.25) is 0 Å². The van der Waals surface area contributed by atoms with Gasteiger partial charge in [0.05, 0.1) is 5.38 Å². The molecule has 0 bridgehead atoms. The van der Waals surface area contributed by atoms with Crippen molar-refractivity contribution in [2.24, 2.45) is 5.92 Å². The van der Waals surface area contributed by atoms with E-state index >= 15 is 0 Å². The normalized spacial score (nSPS) is 35.1. The van der Waals surface area contributed by atoms with Crippen LogP contribution in [0.1, 0.15) is 41.3 Å². The molecule has 68 valence electrons. The van der Waals surface area contributed by atoms with Gasteiger partial charge in [0.15, 0.2) is 0 Å². The zero-order valence-corrected chi connectivity index (χ0v) is 8.51. The molecule has 0 nitrogen and oxygen atoms in total. The van der Waals surface area contributed by atoms with Gasteiger partial charge in [-0.2, -0.15) is 0 Å². The monoisotopic (exact) mass is 192 g/mol. The van der Waals surface area contributed by atoms with Crippen molar-refractivity contribution in [2.75, 3.05) is 0 Å². The minimum Gasteiger partial charge on any atom is -0.117 e. The van der Waals surface area contributed by atoms with Crippen LogP contribution >= 0.6 is 11.6 Å². The fraction of sp³-hybridized carbons (Fsp3) is 0.500. The summed E-state index contributed by atoms with van der Waals surface area (Å²) >= 11 is 6.39. The molecule has 1 aromatic rings. The zero-order valence-electron chi connectivity index (χ0n) is 7.76. The van der Waals surface area contributed by atoms with Crippen LogP contribution < -0.4 is 0 Å². The number of hydrogen-bond acceptors (Lipinski definition) is 0. The van der Waals surface area contributed by atoms with Crippen LogP contribution in [0.15, 0.2) is 18.2 Å². The molecule has 2 aliphatic rings. The first-order valence-electron chi connectivity index (χ1n) is 5.05. The fourth-order valence-electron chi connectivity index (χ4n) is 3.01. The van der Waals surface area contributed by atoms with E-state index in [1.807, 2.05) is 0 Å². The van der Waals surface area contributed by atoms with Gasteiger partial charge in [-0.15, -0.1) is 11.6 Å². The van der Waals surface area contributed by atoms with Gasteiger partial charge in [0.25, 0.3) is 0 Å². The summed E-state index contributed by atoms with van der Waals surface area (Å²) in [6, 6.07) is 6.63. The SMILES string of the molecule is CC1C(Cl)c2cccc3c2C1CC3. The Morgan fingerprint density at radius 1 is 1.38 bits per heavy atom. The molecule has 3 unspecified atom stereocenters. The molecule has 0 fully saturated rings. The molecule has 0 radical (unpaired) electrons. The standard InChI is InChI=1S/C12H13Cl/c1-7-9-6-5-8-3-2-4-10(11(8)9)12(7)13/h2-4,7,9,12H,5-6H2,1H3. The second kappa shape index (κ2) is 2.51. The van der Waals surface area contributed by atoms with Gasteiger partial charge in [-0.05, 0) is 41.4 Å². The second-order valence-electron chi connectivity index (χ2n) is 4.33. The zero-order chi connectivity index (χ0) is 9.00. The quantitative estimate of drug-likeness (QED) is 0.551. The van der Waals surface area contributed by atoms with Crippen LogP contribution in [0.5, 0.6) is 0 Å². The molecule has 3 rings (SSSR count). The molecule has 0 heterocycles. The average Bonchev–Trinajstić information content (AvgIpc) is 2.67. The van der Waals surface area contributed by atoms with Gasteiger partial charge >= 0.3 is 0 Å². The van der Waals surface area contributed by atoms with E-state index < -0.39 is 0 Å². The molecule has 0 amide bonds. The summed E-state index contributed by atoms with van der Waals surface area (Å²) in [7, 11) is 0. The summed E-state index contributed by atoms with van der Waals surface area (Å²) in [5, 5.41) is 0.264. The lowest BCUT2D eigenvalue weighted by atomic mass is 9.95. The first-order chi connectivity index (χ1) is 6.29. The maximum atomic E-state index is 6.39. The third-order valence-corrected chi connectivity index (χ3v) is 4.35. The Balaban J connectivity index is 2.26. The Kier molecular flexibility index (Phi) is 1.52. The molecular formula is C12H13Cl. The Hall–Kier alpha value is -0.490. The third-order valence-electron chi connectivity index (χ3n) is 3.72. The van der Waals surface area contributed by atoms with Crippen LogP contribution in [0.3, 0.4) is 0 Å². The Morgan fingerprint density at radius 2 is 2.23 bits per heavy atom. The lowest BCUT2D eigenvalue weighted by Crippen LogP contribution is -2.02. The van der Waals surface area contributed by atoms with Crippen molar-refractivity contribution < 1.29 is 0 Å². The molecule has 3 atom stereocenters. The Morgan fingerprint density at radius 3 is 3.08 bits per heavy atom. The maximum absolute atomic E-state index is 6.39. The molecule has 0 saturated heterocycles. The summed E-state index contributed by atoms with van der Waals surface area (Å²) in [5.41, 5.74) is 4.56. The van der Waals surface area contributed by atoms with Gasteiger partial charge < -0.3 is 0 Å². The highest BCUT2D eigenvalue weighted by atomic mass is 35.5. The van der Waals surface area contributed by atoms with E-state index in [0.717, 1.165) is 5.92 Å². The maximum Gasteiger partial charge on any atom is 0.0619 e. The highest BCUT2D eigenvalue weighted by Crippen LogP contribution is 2.54. The second-order valence-corrected chi connectivity index (χ2v) is 4.80. The number of rotatable bonds is 0. The molecular weight excluding hydrogens is 180 g/mol. The van der Waals surface area contributed by atoms with Crippen molar-refractivity contribution in [3.63, 3.8) is 0 Å². The smallest absolute Gasteiger partial charge is 0.0619 e. The number of alkyl halides is 1.